The summed E-state index contributed by atoms with van der Waals surface area (Å²) in [7, 11) is -1.88. The standard InChI is InChI=1S/C12H18N4O3S/c1-10(9-16-7-3-6-14-16)15-20(17,18)12-5-4-11(19-12)8-13-2/h3-7,10,13,15H,8-9H2,1-2H3. The summed E-state index contributed by atoms with van der Waals surface area (Å²) in [5, 5.41) is 6.86. The number of aromatic nitrogens is 2. The molecule has 0 aliphatic carbocycles. The van der Waals surface area contributed by atoms with Crippen LogP contribution in [0.1, 0.15) is 12.7 Å². The SMILES string of the molecule is CNCc1ccc(S(=O)(=O)NC(C)Cn2cccn2)o1. The first-order valence-electron chi connectivity index (χ1n) is 6.24. The van der Waals surface area contributed by atoms with E-state index in [0.29, 0.717) is 18.8 Å². The van der Waals surface area contributed by atoms with Crippen LogP contribution in [0.5, 0.6) is 0 Å². The summed E-state index contributed by atoms with van der Waals surface area (Å²) in [6.07, 6.45) is 3.43. The van der Waals surface area contributed by atoms with Crippen LogP contribution < -0.4 is 10.0 Å². The van der Waals surface area contributed by atoms with E-state index in [0.717, 1.165) is 0 Å². The molecule has 0 amide bonds. The molecular weight excluding hydrogens is 280 g/mol. The molecule has 1 unspecified atom stereocenters. The molecule has 8 heteroatoms. The van der Waals surface area contributed by atoms with Crippen molar-refractivity contribution in [2.75, 3.05) is 7.05 Å². The van der Waals surface area contributed by atoms with E-state index in [1.165, 1.54) is 6.07 Å². The lowest BCUT2D eigenvalue weighted by atomic mass is 10.4. The molecule has 1 atom stereocenters. The minimum Gasteiger partial charge on any atom is -0.447 e. The van der Waals surface area contributed by atoms with Crippen LogP contribution in [0.3, 0.4) is 0 Å². The maximum atomic E-state index is 12.1. The zero-order chi connectivity index (χ0) is 14.6. The van der Waals surface area contributed by atoms with Crippen LogP contribution in [-0.2, 0) is 23.1 Å². The number of hydrogen-bond acceptors (Lipinski definition) is 5. The fraction of sp³-hybridized carbons (Fsp3) is 0.417. The van der Waals surface area contributed by atoms with E-state index in [2.05, 4.69) is 15.1 Å². The van der Waals surface area contributed by atoms with Gasteiger partial charge in [-0.15, -0.1) is 0 Å². The molecule has 2 aromatic rings. The maximum absolute atomic E-state index is 12.1. The van der Waals surface area contributed by atoms with Gasteiger partial charge in [-0.25, -0.2) is 13.1 Å². The molecule has 0 saturated heterocycles. The van der Waals surface area contributed by atoms with Crippen molar-refractivity contribution < 1.29 is 12.8 Å². The number of nitrogens with zero attached hydrogens (tertiary/aromatic N) is 2. The minimum atomic E-state index is -3.65. The van der Waals surface area contributed by atoms with Gasteiger partial charge in [0.15, 0.2) is 0 Å². The predicted octanol–water partition coefficient (Wildman–Crippen LogP) is 0.562. The van der Waals surface area contributed by atoms with E-state index < -0.39 is 10.0 Å². The highest BCUT2D eigenvalue weighted by Gasteiger charge is 2.21. The average Bonchev–Trinajstić information content (AvgIpc) is 3.00. The molecule has 0 saturated carbocycles. The maximum Gasteiger partial charge on any atom is 0.274 e. The van der Waals surface area contributed by atoms with Gasteiger partial charge in [-0.3, -0.25) is 4.68 Å². The van der Waals surface area contributed by atoms with Crippen molar-refractivity contribution in [1.82, 2.24) is 19.8 Å². The molecule has 0 aromatic carbocycles. The second-order valence-corrected chi connectivity index (χ2v) is 6.15. The summed E-state index contributed by atoms with van der Waals surface area (Å²) in [6.45, 7) is 2.71. The zero-order valence-corrected chi connectivity index (χ0v) is 12.2. The van der Waals surface area contributed by atoms with Gasteiger partial charge in [0.05, 0.1) is 13.1 Å². The highest BCUT2D eigenvalue weighted by molar-refractivity contribution is 7.89. The summed E-state index contributed by atoms with van der Waals surface area (Å²) in [6, 6.07) is 4.59. The quantitative estimate of drug-likeness (QED) is 0.780. The lowest BCUT2D eigenvalue weighted by Crippen LogP contribution is -2.35. The smallest absolute Gasteiger partial charge is 0.274 e. The van der Waals surface area contributed by atoms with Gasteiger partial charge in [0.25, 0.3) is 10.0 Å². The van der Waals surface area contributed by atoms with E-state index in [1.54, 1.807) is 43.2 Å². The van der Waals surface area contributed by atoms with Crippen molar-refractivity contribution in [3.63, 3.8) is 0 Å². The number of hydrogen-bond donors (Lipinski definition) is 2. The third kappa shape index (κ3) is 3.69. The van der Waals surface area contributed by atoms with Crippen LogP contribution in [0.15, 0.2) is 40.1 Å². The summed E-state index contributed by atoms with van der Waals surface area (Å²) < 4.78 is 33.8. The van der Waals surface area contributed by atoms with Crippen LogP contribution in [0.2, 0.25) is 0 Å². The van der Waals surface area contributed by atoms with Gasteiger partial charge in [0.1, 0.15) is 5.76 Å². The Labute approximate surface area is 118 Å². The molecular formula is C12H18N4O3S. The Morgan fingerprint density at radius 3 is 2.90 bits per heavy atom. The lowest BCUT2D eigenvalue weighted by molar-refractivity contribution is 0.400. The minimum absolute atomic E-state index is 0.0740. The molecule has 0 aliphatic rings. The van der Waals surface area contributed by atoms with Crippen molar-refractivity contribution in [3.8, 4) is 0 Å². The van der Waals surface area contributed by atoms with Crippen LogP contribution in [0, 0.1) is 0 Å². The van der Waals surface area contributed by atoms with E-state index in [9.17, 15) is 8.42 Å². The first-order chi connectivity index (χ1) is 9.51. The third-order valence-corrected chi connectivity index (χ3v) is 4.09. The third-order valence-electron chi connectivity index (χ3n) is 2.63. The fourth-order valence-electron chi connectivity index (χ4n) is 1.82. The monoisotopic (exact) mass is 298 g/mol. The van der Waals surface area contributed by atoms with Gasteiger partial charge in [-0.2, -0.15) is 5.10 Å². The number of sulfonamides is 1. The molecule has 0 radical (unpaired) electrons. The topological polar surface area (TPSA) is 89.2 Å². The molecule has 2 aromatic heterocycles. The van der Waals surface area contributed by atoms with E-state index >= 15 is 0 Å². The van der Waals surface area contributed by atoms with Gasteiger partial charge in [-0.05, 0) is 32.2 Å². The van der Waals surface area contributed by atoms with Gasteiger partial charge < -0.3 is 9.73 Å². The fourth-order valence-corrected chi connectivity index (χ4v) is 3.01. The first-order valence-corrected chi connectivity index (χ1v) is 7.72. The van der Waals surface area contributed by atoms with E-state index in [-0.39, 0.29) is 11.1 Å². The Bertz CT molecular complexity index is 633. The van der Waals surface area contributed by atoms with Crippen molar-refractivity contribution in [2.45, 2.75) is 31.1 Å². The molecule has 110 valence electrons. The predicted molar refractivity (Wildman–Crippen MR) is 73.5 cm³/mol. The number of nitrogens with one attached hydrogen (secondary N) is 2. The largest absolute Gasteiger partial charge is 0.447 e. The number of furan rings is 1. The molecule has 0 aliphatic heterocycles. The first kappa shape index (κ1) is 14.8. The van der Waals surface area contributed by atoms with E-state index in [1.807, 2.05) is 0 Å². The summed E-state index contributed by atoms with van der Waals surface area (Å²) in [5.74, 6) is 0.576. The molecule has 0 bridgehead atoms. The lowest BCUT2D eigenvalue weighted by Gasteiger charge is -2.12. The van der Waals surface area contributed by atoms with Gasteiger partial charge in [0, 0.05) is 18.4 Å². The van der Waals surface area contributed by atoms with E-state index in [4.69, 9.17) is 4.42 Å². The Balaban J connectivity index is 2.02. The van der Waals surface area contributed by atoms with Gasteiger partial charge in [0.2, 0.25) is 5.09 Å². The van der Waals surface area contributed by atoms with Crippen LogP contribution in [-0.4, -0.2) is 31.3 Å². The summed E-state index contributed by atoms with van der Waals surface area (Å²) in [4.78, 5) is 0. The molecule has 0 fully saturated rings. The number of rotatable bonds is 7. The summed E-state index contributed by atoms with van der Waals surface area (Å²) in [5.41, 5.74) is 0. The molecule has 2 rings (SSSR count). The van der Waals surface area contributed by atoms with Gasteiger partial charge in [-0.1, -0.05) is 0 Å². The normalized spacial score (nSPS) is 13.5. The average molecular weight is 298 g/mol. The van der Waals surface area contributed by atoms with Gasteiger partial charge >= 0.3 is 0 Å². The Kier molecular flexibility index (Phi) is 4.58. The van der Waals surface area contributed by atoms with Crippen molar-refractivity contribution in [2.24, 2.45) is 0 Å². The molecule has 2 heterocycles. The summed E-state index contributed by atoms with van der Waals surface area (Å²) >= 11 is 0. The highest BCUT2D eigenvalue weighted by atomic mass is 32.2. The molecule has 0 spiro atoms. The highest BCUT2D eigenvalue weighted by Crippen LogP contribution is 2.14. The van der Waals surface area contributed by atoms with Crippen molar-refractivity contribution in [1.29, 1.82) is 0 Å². The van der Waals surface area contributed by atoms with Crippen molar-refractivity contribution in [3.05, 3.63) is 36.4 Å². The Morgan fingerprint density at radius 2 is 2.25 bits per heavy atom. The molecule has 20 heavy (non-hydrogen) atoms. The Hall–Kier alpha value is -1.64. The van der Waals surface area contributed by atoms with Crippen LogP contribution in [0.4, 0.5) is 0 Å². The second kappa shape index (κ2) is 6.21. The van der Waals surface area contributed by atoms with Crippen LogP contribution >= 0.6 is 0 Å². The van der Waals surface area contributed by atoms with Crippen molar-refractivity contribution >= 4 is 10.0 Å². The van der Waals surface area contributed by atoms with Crippen LogP contribution in [0.25, 0.3) is 0 Å². The molecule has 7 nitrogen and oxygen atoms in total. The molecule has 2 N–H and O–H groups in total. The Morgan fingerprint density at radius 1 is 1.45 bits per heavy atom. The second-order valence-electron chi connectivity index (χ2n) is 4.50. The zero-order valence-electron chi connectivity index (χ0n) is 11.4.